The van der Waals surface area contributed by atoms with E-state index in [1.165, 1.54) is 0 Å². The molecule has 52 valence electrons. The number of rotatable bonds is 1. The van der Waals surface area contributed by atoms with Crippen molar-refractivity contribution in [1.29, 1.82) is 5.26 Å². The molecule has 0 aromatic rings. The standard InChI is InChI=1S/C7H8N2O/c8-5-7(6-10)3-1-2-4-9-7/h1-4,9-10H,6H2. The molecule has 1 unspecified atom stereocenters. The fourth-order valence-electron chi connectivity index (χ4n) is 0.724. The molecule has 1 atom stereocenters. The highest BCUT2D eigenvalue weighted by Gasteiger charge is 2.24. The Morgan fingerprint density at radius 1 is 1.60 bits per heavy atom. The highest BCUT2D eigenvalue weighted by Crippen LogP contribution is 2.07. The van der Waals surface area contributed by atoms with Crippen LogP contribution in [0.3, 0.4) is 0 Å². The zero-order chi connectivity index (χ0) is 7.45. The summed E-state index contributed by atoms with van der Waals surface area (Å²) in [6, 6.07) is 1.97. The lowest BCUT2D eigenvalue weighted by Gasteiger charge is -2.22. The Hall–Kier alpha value is -1.27. The molecule has 1 aliphatic rings. The van der Waals surface area contributed by atoms with Gasteiger partial charge in [0.15, 0.2) is 5.54 Å². The molecule has 0 fully saturated rings. The van der Waals surface area contributed by atoms with E-state index in [4.69, 9.17) is 10.4 Å². The second kappa shape index (κ2) is 2.54. The maximum atomic E-state index is 8.77. The first-order valence-corrected chi connectivity index (χ1v) is 2.97. The molecule has 0 aromatic heterocycles. The first-order chi connectivity index (χ1) is 4.83. The maximum absolute atomic E-state index is 8.77. The molecule has 0 radical (unpaired) electrons. The molecule has 0 aromatic carbocycles. The van der Waals surface area contributed by atoms with Crippen LogP contribution in [0.5, 0.6) is 0 Å². The molecule has 0 aliphatic carbocycles. The first-order valence-electron chi connectivity index (χ1n) is 2.97. The van der Waals surface area contributed by atoms with E-state index >= 15 is 0 Å². The van der Waals surface area contributed by atoms with Gasteiger partial charge >= 0.3 is 0 Å². The van der Waals surface area contributed by atoms with Gasteiger partial charge in [-0.3, -0.25) is 0 Å². The Balaban J connectivity index is 2.79. The summed E-state index contributed by atoms with van der Waals surface area (Å²) in [7, 11) is 0. The summed E-state index contributed by atoms with van der Waals surface area (Å²) in [5, 5.41) is 20.1. The zero-order valence-electron chi connectivity index (χ0n) is 5.41. The molecule has 10 heavy (non-hydrogen) atoms. The monoisotopic (exact) mass is 136 g/mol. The van der Waals surface area contributed by atoms with Gasteiger partial charge in [-0.25, -0.2) is 0 Å². The van der Waals surface area contributed by atoms with E-state index in [0.29, 0.717) is 0 Å². The molecule has 2 N–H and O–H groups in total. The number of hydrogen-bond acceptors (Lipinski definition) is 3. The van der Waals surface area contributed by atoms with Gasteiger partial charge in [-0.05, 0) is 18.4 Å². The molecule has 1 aliphatic heterocycles. The minimum absolute atomic E-state index is 0.204. The molecule has 1 rings (SSSR count). The third kappa shape index (κ3) is 1.02. The summed E-state index contributed by atoms with van der Waals surface area (Å²) in [6.07, 6.45) is 6.77. The summed E-state index contributed by atoms with van der Waals surface area (Å²) >= 11 is 0. The van der Waals surface area contributed by atoms with Gasteiger partial charge in [-0.2, -0.15) is 5.26 Å². The average molecular weight is 136 g/mol. The topological polar surface area (TPSA) is 56.0 Å². The Bertz CT molecular complexity index is 214. The second-order valence-corrected chi connectivity index (χ2v) is 2.10. The number of hydrogen-bond donors (Lipinski definition) is 2. The van der Waals surface area contributed by atoms with Crippen LogP contribution in [-0.4, -0.2) is 17.3 Å². The van der Waals surface area contributed by atoms with Crippen LogP contribution < -0.4 is 5.32 Å². The van der Waals surface area contributed by atoms with Crippen LogP contribution >= 0.6 is 0 Å². The van der Waals surface area contributed by atoms with Crippen molar-refractivity contribution in [3.05, 3.63) is 24.4 Å². The van der Waals surface area contributed by atoms with Crippen LogP contribution in [0.15, 0.2) is 24.4 Å². The SMILES string of the molecule is N#CC1(CO)C=CC=CN1. The predicted octanol–water partition coefficient (Wildman–Crippen LogP) is -0.0858. The van der Waals surface area contributed by atoms with Gasteiger partial charge in [-0.15, -0.1) is 0 Å². The fraction of sp³-hybridized carbons (Fsp3) is 0.286. The van der Waals surface area contributed by atoms with Crippen molar-refractivity contribution >= 4 is 0 Å². The number of dihydropyridines is 1. The number of nitrogens with one attached hydrogen (secondary N) is 1. The molecular formula is C7H8N2O. The molecular weight excluding hydrogens is 128 g/mol. The van der Waals surface area contributed by atoms with Gasteiger partial charge in [0.25, 0.3) is 0 Å². The van der Waals surface area contributed by atoms with Crippen molar-refractivity contribution in [2.24, 2.45) is 0 Å². The third-order valence-corrected chi connectivity index (χ3v) is 1.38. The second-order valence-electron chi connectivity index (χ2n) is 2.10. The van der Waals surface area contributed by atoms with Crippen LogP contribution in [0, 0.1) is 11.3 Å². The first kappa shape index (κ1) is 6.84. The Labute approximate surface area is 59.3 Å². The summed E-state index contributed by atoms with van der Waals surface area (Å²) < 4.78 is 0. The summed E-state index contributed by atoms with van der Waals surface area (Å²) in [5.74, 6) is 0. The van der Waals surface area contributed by atoms with Crippen LogP contribution in [0.1, 0.15) is 0 Å². The minimum Gasteiger partial charge on any atom is -0.392 e. The van der Waals surface area contributed by atoms with E-state index < -0.39 is 5.54 Å². The van der Waals surface area contributed by atoms with Crippen molar-refractivity contribution in [3.8, 4) is 6.07 Å². The molecule has 1 heterocycles. The van der Waals surface area contributed by atoms with Crippen molar-refractivity contribution in [2.45, 2.75) is 5.54 Å². The Morgan fingerprint density at radius 2 is 2.40 bits per heavy atom. The van der Waals surface area contributed by atoms with Gasteiger partial charge in [0, 0.05) is 0 Å². The molecule has 3 nitrogen and oxygen atoms in total. The van der Waals surface area contributed by atoms with Crippen LogP contribution in [0.25, 0.3) is 0 Å². The average Bonchev–Trinajstić information content (AvgIpc) is 2.06. The minimum atomic E-state index is -0.894. The lowest BCUT2D eigenvalue weighted by molar-refractivity contribution is 0.240. The van der Waals surface area contributed by atoms with E-state index in [-0.39, 0.29) is 6.61 Å². The number of nitriles is 1. The van der Waals surface area contributed by atoms with Gasteiger partial charge in [-0.1, -0.05) is 6.08 Å². The molecule has 0 saturated heterocycles. The lowest BCUT2D eigenvalue weighted by atomic mass is 10.0. The van der Waals surface area contributed by atoms with Gasteiger partial charge in [0.05, 0.1) is 12.7 Å². The van der Waals surface area contributed by atoms with Gasteiger partial charge in [0.2, 0.25) is 0 Å². The number of nitrogens with zero attached hydrogens (tertiary/aromatic N) is 1. The highest BCUT2D eigenvalue weighted by atomic mass is 16.3. The third-order valence-electron chi connectivity index (χ3n) is 1.38. The number of aliphatic hydroxyl groups excluding tert-OH is 1. The van der Waals surface area contributed by atoms with Crippen molar-refractivity contribution in [2.75, 3.05) is 6.61 Å². The van der Waals surface area contributed by atoms with Crippen molar-refractivity contribution < 1.29 is 5.11 Å². The van der Waals surface area contributed by atoms with E-state index in [2.05, 4.69) is 5.32 Å². The van der Waals surface area contributed by atoms with Crippen LogP contribution in [-0.2, 0) is 0 Å². The highest BCUT2D eigenvalue weighted by molar-refractivity contribution is 5.28. The normalized spacial score (nSPS) is 29.2. The summed E-state index contributed by atoms with van der Waals surface area (Å²) in [5.41, 5.74) is -0.894. The smallest absolute Gasteiger partial charge is 0.167 e. The molecule has 0 bridgehead atoms. The zero-order valence-corrected chi connectivity index (χ0v) is 5.41. The van der Waals surface area contributed by atoms with Crippen molar-refractivity contribution in [1.82, 2.24) is 5.32 Å². The quantitative estimate of drug-likeness (QED) is 0.530. The summed E-state index contributed by atoms with van der Waals surface area (Å²) in [4.78, 5) is 0. The number of allylic oxidation sites excluding steroid dienone is 2. The van der Waals surface area contributed by atoms with Crippen molar-refractivity contribution in [3.63, 3.8) is 0 Å². The maximum Gasteiger partial charge on any atom is 0.167 e. The Kier molecular flexibility index (Phi) is 1.74. The van der Waals surface area contributed by atoms with Crippen LogP contribution in [0.4, 0.5) is 0 Å². The lowest BCUT2D eigenvalue weighted by Crippen LogP contribution is -2.43. The van der Waals surface area contributed by atoms with E-state index in [0.717, 1.165) is 0 Å². The summed E-state index contributed by atoms with van der Waals surface area (Å²) in [6.45, 7) is -0.204. The van der Waals surface area contributed by atoms with E-state index in [1.807, 2.05) is 6.07 Å². The van der Waals surface area contributed by atoms with Crippen LogP contribution in [0.2, 0.25) is 0 Å². The molecule has 0 amide bonds. The van der Waals surface area contributed by atoms with E-state index in [9.17, 15) is 0 Å². The molecule has 0 spiro atoms. The van der Waals surface area contributed by atoms with Gasteiger partial charge < -0.3 is 10.4 Å². The number of aliphatic hydroxyl groups is 1. The predicted molar refractivity (Wildman–Crippen MR) is 36.8 cm³/mol. The molecule has 0 saturated carbocycles. The van der Waals surface area contributed by atoms with E-state index in [1.54, 1.807) is 24.4 Å². The Morgan fingerprint density at radius 3 is 2.70 bits per heavy atom. The van der Waals surface area contributed by atoms with Gasteiger partial charge in [0.1, 0.15) is 0 Å². The largest absolute Gasteiger partial charge is 0.392 e. The molecule has 3 heteroatoms. The fourth-order valence-corrected chi connectivity index (χ4v) is 0.724.